The van der Waals surface area contributed by atoms with Crippen LogP contribution in [0, 0.1) is 5.82 Å². The highest BCUT2D eigenvalue weighted by molar-refractivity contribution is 8.19. The van der Waals surface area contributed by atoms with E-state index in [-0.39, 0.29) is 28.1 Å². The zero-order valence-corrected chi connectivity index (χ0v) is 19.5. The molecule has 0 unspecified atom stereocenters. The van der Waals surface area contributed by atoms with Gasteiger partial charge in [-0.25, -0.2) is 9.29 Å². The van der Waals surface area contributed by atoms with Crippen molar-refractivity contribution in [2.24, 2.45) is 0 Å². The lowest BCUT2D eigenvalue weighted by Gasteiger charge is -2.14. The molecule has 1 heterocycles. The van der Waals surface area contributed by atoms with Gasteiger partial charge in [0.1, 0.15) is 12.4 Å². The van der Waals surface area contributed by atoms with E-state index in [4.69, 9.17) is 32.7 Å². The van der Waals surface area contributed by atoms with E-state index in [9.17, 15) is 14.0 Å². The number of imide groups is 1. The summed E-state index contributed by atoms with van der Waals surface area (Å²) in [5, 5.41) is 0.332. The molecule has 0 spiro atoms. The molecular formula is C24H16Cl2FNO4S. The number of ether oxygens (including phenoxy) is 2. The number of carbonyl (C=O) groups is 2. The van der Waals surface area contributed by atoms with E-state index in [0.29, 0.717) is 27.6 Å². The second-order valence-electron chi connectivity index (χ2n) is 6.95. The van der Waals surface area contributed by atoms with E-state index in [1.54, 1.807) is 54.6 Å². The number of amides is 2. The molecule has 1 fully saturated rings. The summed E-state index contributed by atoms with van der Waals surface area (Å²) in [6, 6.07) is 15.7. The van der Waals surface area contributed by atoms with Gasteiger partial charge in [-0.2, -0.15) is 0 Å². The van der Waals surface area contributed by atoms with Crippen LogP contribution >= 0.6 is 35.0 Å². The number of carbonyl (C=O) groups excluding carboxylic acids is 2. The van der Waals surface area contributed by atoms with Crippen molar-refractivity contribution in [3.8, 4) is 11.5 Å². The maximum atomic E-state index is 13.4. The molecular weight excluding hydrogens is 488 g/mol. The van der Waals surface area contributed by atoms with Gasteiger partial charge in [-0.3, -0.25) is 9.59 Å². The van der Waals surface area contributed by atoms with Crippen LogP contribution < -0.4 is 14.4 Å². The average molecular weight is 504 g/mol. The molecule has 1 aliphatic rings. The predicted molar refractivity (Wildman–Crippen MR) is 129 cm³/mol. The van der Waals surface area contributed by atoms with Gasteiger partial charge in [0.25, 0.3) is 11.1 Å². The van der Waals surface area contributed by atoms with Crippen LogP contribution in [0.4, 0.5) is 14.9 Å². The summed E-state index contributed by atoms with van der Waals surface area (Å²) in [6.07, 6.45) is 1.56. The molecule has 0 N–H and O–H groups in total. The number of benzene rings is 3. The normalized spacial score (nSPS) is 14.8. The first-order chi connectivity index (χ1) is 15.9. The van der Waals surface area contributed by atoms with Gasteiger partial charge in [-0.05, 0) is 77.5 Å². The molecule has 3 aromatic carbocycles. The van der Waals surface area contributed by atoms with Crippen molar-refractivity contribution in [2.45, 2.75) is 6.61 Å². The Hall–Kier alpha value is -3.00. The Kier molecular flexibility index (Phi) is 6.93. The summed E-state index contributed by atoms with van der Waals surface area (Å²) in [7, 11) is 1.46. The average Bonchev–Trinajstić information content (AvgIpc) is 3.06. The van der Waals surface area contributed by atoms with Crippen LogP contribution in [0.2, 0.25) is 10.0 Å². The summed E-state index contributed by atoms with van der Waals surface area (Å²) in [5.41, 5.74) is 1.62. The minimum Gasteiger partial charge on any atom is -0.493 e. The van der Waals surface area contributed by atoms with E-state index in [2.05, 4.69) is 0 Å². The minimum atomic E-state index is -0.450. The predicted octanol–water partition coefficient (Wildman–Crippen LogP) is 6.96. The molecule has 1 aliphatic heterocycles. The van der Waals surface area contributed by atoms with Crippen LogP contribution in [0.25, 0.3) is 6.08 Å². The number of thioether (sulfide) groups is 1. The highest BCUT2D eigenvalue weighted by Gasteiger charge is 2.36. The Bertz CT molecular complexity index is 1260. The fraction of sp³-hybridized carbons (Fsp3) is 0.0833. The van der Waals surface area contributed by atoms with Crippen molar-refractivity contribution >= 4 is 57.9 Å². The van der Waals surface area contributed by atoms with Crippen molar-refractivity contribution in [3.63, 3.8) is 0 Å². The third-order valence-corrected chi connectivity index (χ3v) is 6.10. The molecule has 0 bridgehead atoms. The highest BCUT2D eigenvalue weighted by atomic mass is 35.5. The maximum absolute atomic E-state index is 13.4. The van der Waals surface area contributed by atoms with Gasteiger partial charge in [-0.15, -0.1) is 0 Å². The van der Waals surface area contributed by atoms with E-state index >= 15 is 0 Å². The molecule has 0 atom stereocenters. The second-order valence-corrected chi connectivity index (χ2v) is 8.78. The van der Waals surface area contributed by atoms with Crippen LogP contribution in [0.1, 0.15) is 11.1 Å². The van der Waals surface area contributed by atoms with E-state index < -0.39 is 11.1 Å². The van der Waals surface area contributed by atoms with E-state index in [1.165, 1.54) is 19.2 Å². The Morgan fingerprint density at radius 1 is 1.06 bits per heavy atom. The molecule has 33 heavy (non-hydrogen) atoms. The van der Waals surface area contributed by atoms with Crippen molar-refractivity contribution < 1.29 is 23.5 Å². The topological polar surface area (TPSA) is 55.8 Å². The van der Waals surface area contributed by atoms with Gasteiger partial charge in [0.2, 0.25) is 0 Å². The molecule has 3 aromatic rings. The number of rotatable bonds is 6. The van der Waals surface area contributed by atoms with E-state index in [1.807, 2.05) is 0 Å². The number of hydrogen-bond donors (Lipinski definition) is 0. The summed E-state index contributed by atoms with van der Waals surface area (Å²) in [5.74, 6) is -0.192. The molecule has 5 nitrogen and oxygen atoms in total. The quantitative estimate of drug-likeness (QED) is 0.340. The summed E-state index contributed by atoms with van der Waals surface area (Å²) >= 11 is 13.1. The number of nitrogens with zero attached hydrogens (tertiary/aromatic N) is 1. The lowest BCUT2D eigenvalue weighted by Crippen LogP contribution is -2.27. The summed E-state index contributed by atoms with van der Waals surface area (Å²) < 4.78 is 24.6. The van der Waals surface area contributed by atoms with Crippen molar-refractivity contribution in [1.29, 1.82) is 0 Å². The molecule has 9 heteroatoms. The summed E-state index contributed by atoms with van der Waals surface area (Å²) in [6.45, 7) is 0.0904. The largest absolute Gasteiger partial charge is 0.493 e. The van der Waals surface area contributed by atoms with Gasteiger partial charge in [-0.1, -0.05) is 35.3 Å². The number of anilines is 1. The molecule has 0 aliphatic carbocycles. The Morgan fingerprint density at radius 2 is 1.82 bits per heavy atom. The van der Waals surface area contributed by atoms with Gasteiger partial charge >= 0.3 is 0 Å². The maximum Gasteiger partial charge on any atom is 0.298 e. The molecule has 2 amide bonds. The molecule has 0 aromatic heterocycles. The Balaban J connectivity index is 1.58. The fourth-order valence-corrected chi connectivity index (χ4v) is 4.42. The van der Waals surface area contributed by atoms with Crippen molar-refractivity contribution in [1.82, 2.24) is 0 Å². The molecule has 0 radical (unpaired) electrons. The number of halogens is 3. The first-order valence-corrected chi connectivity index (χ1v) is 11.2. The van der Waals surface area contributed by atoms with Gasteiger partial charge in [0.15, 0.2) is 11.5 Å². The lowest BCUT2D eigenvalue weighted by molar-refractivity contribution is -0.113. The lowest BCUT2D eigenvalue weighted by atomic mass is 10.1. The standard InChI is InChI=1S/C24H16Cl2FNO4S/c1-31-20-11-15(10-19(26)22(20)32-13-14-3-2-4-17(27)9-14)12-21-23(29)28(24(30)33-21)18-7-5-16(25)6-8-18/h2-12H,13H2,1H3/b21-12+. The third-order valence-electron chi connectivity index (χ3n) is 4.70. The SMILES string of the molecule is COc1cc(/C=C2/SC(=O)N(c3ccc(Cl)cc3)C2=O)cc(Cl)c1OCc1cccc(F)c1. The van der Waals surface area contributed by atoms with Crippen LogP contribution in [0.5, 0.6) is 11.5 Å². The van der Waals surface area contributed by atoms with Crippen LogP contribution in [-0.2, 0) is 11.4 Å². The zero-order valence-electron chi connectivity index (χ0n) is 17.2. The third kappa shape index (κ3) is 5.16. The number of methoxy groups -OCH3 is 1. The van der Waals surface area contributed by atoms with Crippen molar-refractivity contribution in [3.05, 3.63) is 92.6 Å². The molecule has 1 saturated heterocycles. The van der Waals surface area contributed by atoms with Crippen LogP contribution in [0.3, 0.4) is 0 Å². The van der Waals surface area contributed by atoms with Gasteiger partial charge in [0.05, 0.1) is 22.7 Å². The second kappa shape index (κ2) is 9.87. The van der Waals surface area contributed by atoms with Crippen LogP contribution in [0.15, 0.2) is 65.6 Å². The Labute approximate surface area is 203 Å². The fourth-order valence-electron chi connectivity index (χ4n) is 3.18. The Morgan fingerprint density at radius 3 is 2.52 bits per heavy atom. The molecule has 4 rings (SSSR count). The van der Waals surface area contributed by atoms with E-state index in [0.717, 1.165) is 16.7 Å². The van der Waals surface area contributed by atoms with Crippen molar-refractivity contribution in [2.75, 3.05) is 12.0 Å². The highest BCUT2D eigenvalue weighted by Crippen LogP contribution is 2.40. The summed E-state index contributed by atoms with van der Waals surface area (Å²) in [4.78, 5) is 26.6. The van der Waals surface area contributed by atoms with Gasteiger partial charge in [0, 0.05) is 5.02 Å². The monoisotopic (exact) mass is 503 g/mol. The first kappa shape index (κ1) is 23.2. The number of hydrogen-bond acceptors (Lipinski definition) is 5. The zero-order chi connectivity index (χ0) is 23.5. The first-order valence-electron chi connectivity index (χ1n) is 9.64. The van der Waals surface area contributed by atoms with Crippen LogP contribution in [-0.4, -0.2) is 18.3 Å². The smallest absolute Gasteiger partial charge is 0.298 e. The van der Waals surface area contributed by atoms with Gasteiger partial charge < -0.3 is 9.47 Å². The minimum absolute atomic E-state index is 0.0904. The molecule has 0 saturated carbocycles. The molecule has 168 valence electrons.